The molecule has 0 radical (unpaired) electrons. The Hall–Kier alpha value is -2.62. The number of aromatic nitrogens is 5. The fraction of sp³-hybridized carbons (Fsp3) is 0.545. The molecule has 0 fully saturated rings. The molecule has 0 saturated carbocycles. The number of rotatable bonds is 10. The summed E-state index contributed by atoms with van der Waals surface area (Å²) in [6.07, 6.45) is 0. The summed E-state index contributed by atoms with van der Waals surface area (Å²) in [6, 6.07) is 6.00. The fourth-order valence-electron chi connectivity index (χ4n) is 4.31. The molecule has 168 valence electrons. The fourth-order valence-corrected chi connectivity index (χ4v) is 4.31. The minimum atomic E-state index is -0.102. The number of aliphatic hydroxyl groups is 1. The maximum Gasteiger partial charge on any atom is 0.257 e. The first-order chi connectivity index (χ1) is 14.8. The number of aryl methyl sites for hydroxylation is 2. The average Bonchev–Trinajstić information content (AvgIpc) is 3.15. The second-order valence-electron chi connectivity index (χ2n) is 8.45. The van der Waals surface area contributed by atoms with Gasteiger partial charge < -0.3 is 19.7 Å². The van der Waals surface area contributed by atoms with Gasteiger partial charge in [-0.25, -0.2) is 4.68 Å². The number of tetrazole rings is 1. The second kappa shape index (κ2) is 10.1. The number of ether oxygens (including phenoxy) is 1. The number of methoxy groups -OCH3 is 1. The lowest BCUT2D eigenvalue weighted by molar-refractivity contribution is -0.950. The van der Waals surface area contributed by atoms with E-state index in [-0.39, 0.29) is 24.1 Å². The molecular formula is C22H33N6O3+. The first-order valence-electron chi connectivity index (χ1n) is 10.7. The van der Waals surface area contributed by atoms with Gasteiger partial charge in [0, 0.05) is 23.9 Å². The smallest absolute Gasteiger partial charge is 0.257 e. The topological polar surface area (TPSA) is 110 Å². The molecule has 2 atom stereocenters. The molecule has 0 amide bonds. The molecule has 0 aliphatic carbocycles. The summed E-state index contributed by atoms with van der Waals surface area (Å²) >= 11 is 0. The summed E-state index contributed by atoms with van der Waals surface area (Å²) in [6.45, 7) is 10.3. The molecule has 3 rings (SSSR count). The highest BCUT2D eigenvalue weighted by Gasteiger charge is 2.33. The van der Waals surface area contributed by atoms with E-state index in [9.17, 15) is 9.90 Å². The molecule has 0 saturated heterocycles. The van der Waals surface area contributed by atoms with Crippen LogP contribution in [0.5, 0.6) is 0 Å². The van der Waals surface area contributed by atoms with Crippen molar-refractivity contribution in [1.29, 1.82) is 0 Å². The SMILES string of the molecule is COCCn1nnnc1[C@H](C(C)C)[NH+](CCO)Cc1cc2c(C)cc(C)cc2[nH]c1=O. The summed E-state index contributed by atoms with van der Waals surface area (Å²) in [7, 11) is 1.64. The van der Waals surface area contributed by atoms with Crippen molar-refractivity contribution in [3.05, 3.63) is 51.1 Å². The van der Waals surface area contributed by atoms with Crippen LogP contribution < -0.4 is 10.5 Å². The zero-order valence-electron chi connectivity index (χ0n) is 19.0. The number of nitrogens with zero attached hydrogens (tertiary/aromatic N) is 4. The maximum absolute atomic E-state index is 12.9. The molecule has 0 bridgehead atoms. The molecular weight excluding hydrogens is 396 g/mol. The Labute approximate surface area is 182 Å². The van der Waals surface area contributed by atoms with Crippen LogP contribution in [0.3, 0.4) is 0 Å². The highest BCUT2D eigenvalue weighted by molar-refractivity contribution is 5.83. The lowest BCUT2D eigenvalue weighted by Crippen LogP contribution is -3.12. The van der Waals surface area contributed by atoms with Crippen molar-refractivity contribution in [2.75, 3.05) is 26.9 Å². The number of pyridine rings is 1. The van der Waals surface area contributed by atoms with E-state index in [2.05, 4.69) is 47.3 Å². The average molecular weight is 430 g/mol. The monoisotopic (exact) mass is 429 g/mol. The summed E-state index contributed by atoms with van der Waals surface area (Å²) in [5.41, 5.74) is 3.67. The number of aromatic amines is 1. The van der Waals surface area contributed by atoms with Crippen LogP contribution in [0.15, 0.2) is 23.0 Å². The highest BCUT2D eigenvalue weighted by atomic mass is 16.5. The van der Waals surface area contributed by atoms with Crippen molar-refractivity contribution in [3.8, 4) is 0 Å². The van der Waals surface area contributed by atoms with E-state index < -0.39 is 0 Å². The van der Waals surface area contributed by atoms with E-state index in [1.807, 2.05) is 19.1 Å². The Balaban J connectivity index is 2.00. The lowest BCUT2D eigenvalue weighted by Gasteiger charge is -2.30. The van der Waals surface area contributed by atoms with Crippen molar-refractivity contribution in [2.24, 2.45) is 5.92 Å². The first-order valence-corrected chi connectivity index (χ1v) is 10.7. The number of H-pyrrole nitrogens is 1. The Morgan fingerprint density at radius 1 is 1.26 bits per heavy atom. The number of quaternary nitrogens is 1. The van der Waals surface area contributed by atoms with Crippen molar-refractivity contribution in [3.63, 3.8) is 0 Å². The first kappa shape index (κ1) is 23.1. The molecule has 3 N–H and O–H groups in total. The van der Waals surface area contributed by atoms with Gasteiger partial charge in [-0.1, -0.05) is 19.9 Å². The second-order valence-corrected chi connectivity index (χ2v) is 8.45. The van der Waals surface area contributed by atoms with E-state index >= 15 is 0 Å². The molecule has 1 unspecified atom stereocenters. The molecule has 1 aromatic carbocycles. The Morgan fingerprint density at radius 2 is 2.03 bits per heavy atom. The maximum atomic E-state index is 12.9. The van der Waals surface area contributed by atoms with E-state index in [1.165, 1.54) is 0 Å². The third kappa shape index (κ3) is 5.17. The number of hydrogen-bond donors (Lipinski definition) is 3. The van der Waals surface area contributed by atoms with Crippen LogP contribution in [0, 0.1) is 19.8 Å². The molecule has 0 spiro atoms. The van der Waals surface area contributed by atoms with Crippen molar-refractivity contribution in [1.82, 2.24) is 25.2 Å². The third-order valence-corrected chi connectivity index (χ3v) is 5.69. The Bertz CT molecular complexity index is 1070. The standard InChI is InChI=1S/C22H32N6O3/c1-14(2)20(21-24-25-26-28(21)7-9-31-5)27(6-8-29)13-17-12-18-16(4)10-15(3)11-19(18)23-22(17)30/h10-12,14,20,29H,6-9,13H2,1-5H3,(H,23,30)/p+1/t20-/m0/s1. The van der Waals surface area contributed by atoms with Gasteiger partial charge in [-0.15, -0.1) is 5.10 Å². The van der Waals surface area contributed by atoms with Gasteiger partial charge in [-0.2, -0.15) is 0 Å². The van der Waals surface area contributed by atoms with Crippen LogP contribution in [-0.4, -0.2) is 57.2 Å². The lowest BCUT2D eigenvalue weighted by atomic mass is 10.00. The normalized spacial score (nSPS) is 13.8. The summed E-state index contributed by atoms with van der Waals surface area (Å²) in [5.74, 6) is 0.928. The van der Waals surface area contributed by atoms with Crippen LogP contribution in [-0.2, 0) is 17.8 Å². The van der Waals surface area contributed by atoms with Crippen LogP contribution in [0.25, 0.3) is 10.9 Å². The van der Waals surface area contributed by atoms with Crippen molar-refractivity contribution in [2.45, 2.75) is 46.8 Å². The minimum absolute atomic E-state index is 0.00188. The summed E-state index contributed by atoms with van der Waals surface area (Å²) < 4.78 is 6.93. The molecule has 0 aliphatic rings. The largest absolute Gasteiger partial charge is 0.391 e. The van der Waals surface area contributed by atoms with Gasteiger partial charge in [0.15, 0.2) is 6.04 Å². The van der Waals surface area contributed by atoms with Crippen LogP contribution in [0.1, 0.15) is 42.4 Å². The quantitative estimate of drug-likeness (QED) is 0.434. The van der Waals surface area contributed by atoms with Crippen molar-refractivity contribution < 1.29 is 14.7 Å². The zero-order chi connectivity index (χ0) is 22.5. The predicted octanol–water partition coefficient (Wildman–Crippen LogP) is 0.552. The molecule has 2 aromatic heterocycles. The molecule has 3 aromatic rings. The van der Waals surface area contributed by atoms with Gasteiger partial charge in [0.2, 0.25) is 5.82 Å². The molecule has 9 nitrogen and oxygen atoms in total. The number of nitrogens with one attached hydrogen (secondary N) is 2. The van der Waals surface area contributed by atoms with E-state index in [4.69, 9.17) is 4.74 Å². The molecule has 31 heavy (non-hydrogen) atoms. The van der Waals surface area contributed by atoms with Gasteiger partial charge in [0.05, 0.1) is 25.3 Å². The number of hydrogen-bond acceptors (Lipinski definition) is 6. The number of aliphatic hydroxyl groups excluding tert-OH is 1. The summed E-state index contributed by atoms with van der Waals surface area (Å²) in [4.78, 5) is 17.0. The third-order valence-electron chi connectivity index (χ3n) is 5.69. The number of fused-ring (bicyclic) bond motifs is 1. The van der Waals surface area contributed by atoms with Gasteiger partial charge >= 0.3 is 0 Å². The van der Waals surface area contributed by atoms with E-state index in [0.717, 1.165) is 32.8 Å². The molecule has 2 heterocycles. The Kier molecular flexibility index (Phi) is 7.53. The predicted molar refractivity (Wildman–Crippen MR) is 118 cm³/mol. The Morgan fingerprint density at radius 3 is 2.71 bits per heavy atom. The molecule has 0 aliphatic heterocycles. The van der Waals surface area contributed by atoms with Gasteiger partial charge in [0.25, 0.3) is 5.56 Å². The van der Waals surface area contributed by atoms with E-state index in [0.29, 0.717) is 31.8 Å². The minimum Gasteiger partial charge on any atom is -0.391 e. The highest BCUT2D eigenvalue weighted by Crippen LogP contribution is 2.19. The van der Waals surface area contributed by atoms with Crippen LogP contribution >= 0.6 is 0 Å². The number of benzene rings is 1. The summed E-state index contributed by atoms with van der Waals surface area (Å²) in [5, 5.41) is 23.1. The van der Waals surface area contributed by atoms with Gasteiger partial charge in [-0.05, 0) is 47.5 Å². The van der Waals surface area contributed by atoms with Crippen molar-refractivity contribution >= 4 is 10.9 Å². The van der Waals surface area contributed by atoms with Gasteiger partial charge in [-0.3, -0.25) is 4.79 Å². The zero-order valence-corrected chi connectivity index (χ0v) is 19.0. The van der Waals surface area contributed by atoms with Crippen LogP contribution in [0.4, 0.5) is 0 Å². The molecule has 9 heteroatoms. The van der Waals surface area contributed by atoms with Crippen LogP contribution in [0.2, 0.25) is 0 Å². The van der Waals surface area contributed by atoms with E-state index in [1.54, 1.807) is 11.8 Å². The van der Waals surface area contributed by atoms with Gasteiger partial charge in [0.1, 0.15) is 13.1 Å².